The molecule has 48 heavy (non-hydrogen) atoms. The minimum Gasteiger partial charge on any atom is -0.466 e. The zero-order chi connectivity index (χ0) is 35.4. The number of ether oxygens (including phenoxy) is 2. The Morgan fingerprint density at radius 2 is 1.79 bits per heavy atom. The predicted octanol–water partition coefficient (Wildman–Crippen LogP) is 6.36. The minimum atomic E-state index is -4.76. The van der Waals surface area contributed by atoms with Gasteiger partial charge in [-0.1, -0.05) is 24.8 Å². The molecule has 16 heteroatoms. The van der Waals surface area contributed by atoms with Gasteiger partial charge in [0.25, 0.3) is 0 Å². The molecular weight excluding hydrogens is 633 g/mol. The number of fused-ring (bicyclic) bond motifs is 1. The van der Waals surface area contributed by atoms with Gasteiger partial charge in [-0.3, -0.25) is 14.6 Å². The molecule has 3 amide bonds. The molecule has 0 radical (unpaired) electrons. The van der Waals surface area contributed by atoms with Gasteiger partial charge in [0.05, 0.1) is 11.4 Å². The Labute approximate surface area is 274 Å². The van der Waals surface area contributed by atoms with Crippen LogP contribution in [0.4, 0.5) is 41.1 Å². The Balaban J connectivity index is 1.86. The van der Waals surface area contributed by atoms with Crippen LogP contribution < -0.4 is 20.4 Å². The van der Waals surface area contributed by atoms with Crippen LogP contribution in [0.1, 0.15) is 34.6 Å². The van der Waals surface area contributed by atoms with Crippen LogP contribution in [-0.2, 0) is 21.4 Å². The van der Waals surface area contributed by atoms with Crippen LogP contribution >= 0.6 is 0 Å². The Bertz CT molecular complexity index is 1850. The summed E-state index contributed by atoms with van der Waals surface area (Å²) >= 11 is 0. The molecule has 1 aromatic carbocycles. The van der Waals surface area contributed by atoms with Crippen molar-refractivity contribution in [1.29, 1.82) is 0 Å². The molecule has 0 fully saturated rings. The number of amides is 3. The molecule has 0 bridgehead atoms. The third kappa shape index (κ3) is 8.37. The second-order valence-corrected chi connectivity index (χ2v) is 11.4. The number of rotatable bonds is 10. The third-order valence-electron chi connectivity index (χ3n) is 6.51. The van der Waals surface area contributed by atoms with Crippen LogP contribution in [0, 0.1) is 0 Å². The lowest BCUT2D eigenvalue weighted by atomic mass is 10.1. The number of imide groups is 1. The van der Waals surface area contributed by atoms with Gasteiger partial charge in [-0.15, -0.1) is 0 Å². The molecular formula is C32H35F3N8O5. The first-order chi connectivity index (χ1) is 22.5. The van der Waals surface area contributed by atoms with E-state index in [1.807, 2.05) is 42.1 Å². The van der Waals surface area contributed by atoms with Crippen LogP contribution in [-0.4, -0.2) is 67.4 Å². The molecule has 0 saturated carbocycles. The summed E-state index contributed by atoms with van der Waals surface area (Å²) in [5.41, 5.74) is 0.955. The van der Waals surface area contributed by atoms with Crippen molar-refractivity contribution in [2.75, 3.05) is 28.8 Å². The Hall–Kier alpha value is -5.67. The Kier molecular flexibility index (Phi) is 10.3. The van der Waals surface area contributed by atoms with E-state index in [1.165, 1.54) is 12.3 Å². The van der Waals surface area contributed by atoms with Gasteiger partial charge in [0.1, 0.15) is 11.3 Å². The topological polar surface area (TPSA) is 144 Å². The van der Waals surface area contributed by atoms with Gasteiger partial charge in [-0.2, -0.15) is 23.2 Å². The fourth-order valence-electron chi connectivity index (χ4n) is 4.63. The van der Waals surface area contributed by atoms with E-state index in [1.54, 1.807) is 33.8 Å². The maximum absolute atomic E-state index is 13.4. The molecule has 4 rings (SSSR count). The van der Waals surface area contributed by atoms with E-state index in [2.05, 4.69) is 32.2 Å². The van der Waals surface area contributed by atoms with Crippen molar-refractivity contribution in [2.24, 2.45) is 7.05 Å². The molecule has 2 N–H and O–H groups in total. The van der Waals surface area contributed by atoms with Crippen molar-refractivity contribution < 1.29 is 37.0 Å². The fourth-order valence-corrected chi connectivity index (χ4v) is 4.63. The van der Waals surface area contributed by atoms with E-state index < -0.39 is 42.2 Å². The van der Waals surface area contributed by atoms with Gasteiger partial charge < -0.3 is 24.7 Å². The zero-order valence-electron chi connectivity index (χ0n) is 27.2. The molecule has 0 aliphatic carbocycles. The number of aryl methyl sites for hydroxylation is 1. The Morgan fingerprint density at radius 1 is 1.08 bits per heavy atom. The van der Waals surface area contributed by atoms with Gasteiger partial charge in [0.15, 0.2) is 12.4 Å². The number of para-hydroxylation sites is 1. The number of benzene rings is 1. The van der Waals surface area contributed by atoms with Crippen molar-refractivity contribution in [3.8, 4) is 17.1 Å². The number of nitrogens with zero attached hydrogens (tertiary/aromatic N) is 6. The van der Waals surface area contributed by atoms with Gasteiger partial charge >= 0.3 is 12.3 Å². The first-order valence-electron chi connectivity index (χ1n) is 14.6. The summed E-state index contributed by atoms with van der Waals surface area (Å²) in [4.78, 5) is 51.5. The maximum Gasteiger partial charge on any atom is 0.436 e. The molecule has 4 aromatic rings. The number of aromatic nitrogens is 4. The number of nitrogens with one attached hydrogen (secondary N) is 2. The molecule has 0 aliphatic rings. The summed E-state index contributed by atoms with van der Waals surface area (Å²) in [6.07, 6.45) is -1.53. The maximum atomic E-state index is 13.4. The number of hydrazine groups is 1. The quantitative estimate of drug-likeness (QED) is 0.145. The molecule has 0 spiro atoms. The summed E-state index contributed by atoms with van der Waals surface area (Å²) in [7, 11) is 1.89. The zero-order valence-corrected chi connectivity index (χ0v) is 27.2. The van der Waals surface area contributed by atoms with Crippen molar-refractivity contribution in [1.82, 2.24) is 24.5 Å². The lowest BCUT2D eigenvalue weighted by molar-refractivity contribution is -0.153. The van der Waals surface area contributed by atoms with E-state index >= 15 is 0 Å². The van der Waals surface area contributed by atoms with Crippen LogP contribution in [0.3, 0.4) is 0 Å². The van der Waals surface area contributed by atoms with Gasteiger partial charge in [0.2, 0.25) is 23.6 Å². The van der Waals surface area contributed by atoms with Crippen LogP contribution in [0.2, 0.25) is 0 Å². The number of hydrogen-bond donors (Lipinski definition) is 2. The average Bonchev–Trinajstić information content (AvgIpc) is 3.34. The summed E-state index contributed by atoms with van der Waals surface area (Å²) in [6, 6.07) is 10.6. The van der Waals surface area contributed by atoms with Crippen molar-refractivity contribution in [3.05, 3.63) is 61.4 Å². The second kappa shape index (κ2) is 14.0. The molecule has 0 aliphatic heterocycles. The highest BCUT2D eigenvalue weighted by Crippen LogP contribution is 2.37. The summed E-state index contributed by atoms with van der Waals surface area (Å²) in [6.45, 7) is 8.99. The van der Waals surface area contributed by atoms with Crippen LogP contribution in [0.25, 0.3) is 22.2 Å². The first-order valence-corrected chi connectivity index (χ1v) is 14.6. The standard InChI is InChI=1S/C32H35F3N8O5/c1-8-26(45)37-23-16-24(39-29-36-15-14-22(38-29)21-17-41(7)25-13-11-10-12-20(21)25)28(47-18-32(33,34)35)40-27(23)42(9-2)43(19(3)44)30(46)48-31(4,5)6/h8,10-17H,1,9,18H2,2-7H3,(H,37,45)(H,36,38,39). The number of carbonyl (C=O) groups excluding carboxylic acids is 3. The summed E-state index contributed by atoms with van der Waals surface area (Å²) in [5, 5.41) is 7.95. The highest BCUT2D eigenvalue weighted by molar-refractivity contribution is 6.02. The van der Waals surface area contributed by atoms with E-state index in [0.29, 0.717) is 10.7 Å². The van der Waals surface area contributed by atoms with E-state index in [0.717, 1.165) is 34.5 Å². The predicted molar refractivity (Wildman–Crippen MR) is 174 cm³/mol. The fraction of sp³-hybridized carbons (Fsp3) is 0.312. The van der Waals surface area contributed by atoms with E-state index in [9.17, 15) is 27.6 Å². The molecule has 13 nitrogen and oxygen atoms in total. The second-order valence-electron chi connectivity index (χ2n) is 11.4. The van der Waals surface area contributed by atoms with E-state index in [4.69, 9.17) is 9.47 Å². The molecule has 3 aromatic heterocycles. The SMILES string of the molecule is C=CC(=O)Nc1cc(Nc2nccc(-c3cn(C)c4ccccc34)n2)c(OCC(F)(F)F)nc1N(CC)N(C(C)=O)C(=O)OC(C)(C)C. The number of carbonyl (C=O) groups is 3. The monoisotopic (exact) mass is 668 g/mol. The molecule has 3 heterocycles. The molecule has 254 valence electrons. The van der Waals surface area contributed by atoms with E-state index in [-0.39, 0.29) is 29.7 Å². The van der Waals surface area contributed by atoms with Crippen molar-refractivity contribution >= 4 is 52.0 Å². The van der Waals surface area contributed by atoms with Crippen molar-refractivity contribution in [3.63, 3.8) is 0 Å². The van der Waals surface area contributed by atoms with Crippen LogP contribution in [0.15, 0.2) is 61.4 Å². The van der Waals surface area contributed by atoms with Gasteiger partial charge in [-0.05, 0) is 52.0 Å². The smallest absolute Gasteiger partial charge is 0.436 e. The number of hydrogen-bond acceptors (Lipinski definition) is 10. The summed E-state index contributed by atoms with van der Waals surface area (Å²) in [5.74, 6) is -2.44. The number of pyridine rings is 1. The molecule has 0 atom stereocenters. The minimum absolute atomic E-state index is 0.0284. The first kappa shape index (κ1) is 35.2. The Morgan fingerprint density at radius 3 is 2.42 bits per heavy atom. The number of anilines is 4. The third-order valence-corrected chi connectivity index (χ3v) is 6.51. The lowest BCUT2D eigenvalue weighted by Crippen LogP contribution is -2.51. The highest BCUT2D eigenvalue weighted by Gasteiger charge is 2.34. The average molecular weight is 669 g/mol. The van der Waals surface area contributed by atoms with Gasteiger partial charge in [0, 0.05) is 49.4 Å². The highest BCUT2D eigenvalue weighted by atomic mass is 19.4. The van der Waals surface area contributed by atoms with Crippen molar-refractivity contribution in [2.45, 2.75) is 46.4 Å². The number of halogens is 3. The van der Waals surface area contributed by atoms with Gasteiger partial charge in [-0.25, -0.2) is 14.8 Å². The largest absolute Gasteiger partial charge is 0.466 e. The van der Waals surface area contributed by atoms with Crippen LogP contribution in [0.5, 0.6) is 5.88 Å². The lowest BCUT2D eigenvalue weighted by Gasteiger charge is -2.35. The normalized spacial score (nSPS) is 11.5. The summed E-state index contributed by atoms with van der Waals surface area (Å²) < 4.78 is 52.6. The molecule has 0 saturated heterocycles. The number of alkyl halides is 3. The molecule has 0 unspecified atom stereocenters.